The Balaban J connectivity index is 1.90. The molecule has 3 rings (SSSR count). The van der Waals surface area contributed by atoms with Gasteiger partial charge in [0.25, 0.3) is 0 Å². The first-order valence-corrected chi connectivity index (χ1v) is 28.6. The molecule has 15 atom stereocenters. The van der Waals surface area contributed by atoms with E-state index in [-0.39, 0.29) is 64.2 Å². The van der Waals surface area contributed by atoms with Gasteiger partial charge in [0.2, 0.25) is 41.4 Å². The fourth-order valence-corrected chi connectivity index (χ4v) is 10.1. The summed E-state index contributed by atoms with van der Waals surface area (Å²) in [5, 5.41) is 93.2. The van der Waals surface area contributed by atoms with Crippen molar-refractivity contribution in [1.82, 2.24) is 41.7 Å². The standard InChI is InChI=1S/C56H94N10O15/c1-7-27-81-40-19-17-37(18-20-40)49(74)50(75)48(54(78)63-47(43(71)21-23-57)55(79)65-26-22-38(69)31-65)64-53(77)42-29-39(70)32-66(42)56(80)46(35(5)67)62-52(76)41(30-44(72)51(59-25-24-58)60-36(6)68)61-45(73)16-14-12-10-9-11-13-15-34(4)28-33(3)8-2/h1,17-20,33-35,38-39,41-44,46-51,59,67,69-72,74-75H,8-16,21-32,57-58H2,2-6H3,(H,60,68)(H,61,73)(H,62,76)(H,63,78)(H,64,77)/t33-,34+,35+,38-,39+,41-,42-,43+,44+,46-,47-,48-,49-,50-,51-/m0/s1. The van der Waals surface area contributed by atoms with E-state index in [1.807, 2.05) is 0 Å². The van der Waals surface area contributed by atoms with Crippen molar-refractivity contribution in [2.45, 2.75) is 204 Å². The lowest BCUT2D eigenvalue weighted by Crippen LogP contribution is -2.64. The molecule has 0 aromatic heterocycles. The average Bonchev–Trinajstić information content (AvgIpc) is 4.10. The third-order valence-electron chi connectivity index (χ3n) is 14.8. The van der Waals surface area contributed by atoms with Crippen LogP contribution in [0.1, 0.15) is 136 Å². The minimum Gasteiger partial charge on any atom is -0.481 e. The van der Waals surface area contributed by atoms with E-state index in [2.05, 4.69) is 58.6 Å². The number of ether oxygens (including phenoxy) is 1. The summed E-state index contributed by atoms with van der Waals surface area (Å²) in [7, 11) is 0. The second-order valence-electron chi connectivity index (χ2n) is 21.8. The van der Waals surface area contributed by atoms with Gasteiger partial charge in [0, 0.05) is 58.9 Å². The molecule has 0 unspecified atom stereocenters. The van der Waals surface area contributed by atoms with Crippen LogP contribution in [-0.4, -0.2) is 206 Å². The summed E-state index contributed by atoms with van der Waals surface area (Å²) in [5.41, 5.74) is 11.4. The van der Waals surface area contributed by atoms with Crippen LogP contribution in [0.25, 0.3) is 0 Å². The number of nitrogens with zero attached hydrogens (tertiary/aromatic N) is 2. The van der Waals surface area contributed by atoms with Crippen molar-refractivity contribution in [3.63, 3.8) is 0 Å². The Labute approximate surface area is 476 Å². The van der Waals surface area contributed by atoms with Crippen molar-refractivity contribution in [2.24, 2.45) is 23.3 Å². The topological polar surface area (TPSA) is 401 Å². The lowest BCUT2D eigenvalue weighted by molar-refractivity contribution is -0.146. The van der Waals surface area contributed by atoms with Gasteiger partial charge in [0.1, 0.15) is 60.9 Å². The van der Waals surface area contributed by atoms with E-state index in [0.717, 1.165) is 56.8 Å². The number of hydrogen-bond donors (Lipinski definition) is 15. The highest BCUT2D eigenvalue weighted by atomic mass is 16.5. The largest absolute Gasteiger partial charge is 0.481 e. The first-order chi connectivity index (χ1) is 38.5. The molecule has 0 bridgehead atoms. The Kier molecular flexibility index (Phi) is 31.1. The number of likely N-dealkylation sites (tertiary alicyclic amines) is 2. The fraction of sp³-hybridized carbons (Fsp3) is 0.732. The first kappa shape index (κ1) is 69.7. The summed E-state index contributed by atoms with van der Waals surface area (Å²) < 4.78 is 5.39. The van der Waals surface area contributed by atoms with Crippen molar-refractivity contribution in [3.8, 4) is 18.1 Å². The van der Waals surface area contributed by atoms with Crippen molar-refractivity contribution in [1.29, 1.82) is 0 Å². The first-order valence-electron chi connectivity index (χ1n) is 28.6. The number of unbranched alkanes of at least 4 members (excludes halogenated alkanes) is 5. The van der Waals surface area contributed by atoms with E-state index in [4.69, 9.17) is 22.6 Å². The van der Waals surface area contributed by atoms with Gasteiger partial charge in [0.15, 0.2) is 0 Å². The zero-order valence-corrected chi connectivity index (χ0v) is 47.8. The third kappa shape index (κ3) is 23.3. The van der Waals surface area contributed by atoms with Gasteiger partial charge in [-0.15, -0.1) is 6.42 Å². The molecule has 2 fully saturated rings. The number of hydrogen-bond acceptors (Lipinski definition) is 18. The minimum atomic E-state index is -2.22. The summed E-state index contributed by atoms with van der Waals surface area (Å²) in [5.74, 6) is -2.55. The summed E-state index contributed by atoms with van der Waals surface area (Å²) >= 11 is 0. The molecule has 0 spiro atoms. The van der Waals surface area contributed by atoms with Gasteiger partial charge in [-0.1, -0.05) is 83.8 Å². The maximum Gasteiger partial charge on any atom is 0.248 e. The Morgan fingerprint density at radius 2 is 1.40 bits per heavy atom. The molecule has 458 valence electrons. The van der Waals surface area contributed by atoms with Crippen LogP contribution in [0.15, 0.2) is 24.3 Å². The van der Waals surface area contributed by atoms with Crippen LogP contribution in [0.4, 0.5) is 0 Å². The smallest absolute Gasteiger partial charge is 0.248 e. The van der Waals surface area contributed by atoms with Gasteiger partial charge < -0.3 is 88.3 Å². The number of aliphatic hydroxyl groups excluding tert-OH is 7. The van der Waals surface area contributed by atoms with Crippen LogP contribution in [0.2, 0.25) is 0 Å². The molecule has 0 aliphatic carbocycles. The molecule has 1 aromatic carbocycles. The Morgan fingerprint density at radius 1 is 0.741 bits per heavy atom. The number of aliphatic hydroxyl groups is 7. The number of β-amino-alcohol motifs (C(OH)–C–C–N with tert-alkyl or cyclic N) is 2. The lowest BCUT2D eigenvalue weighted by atomic mass is 9.91. The van der Waals surface area contributed by atoms with Crippen LogP contribution in [0.5, 0.6) is 5.75 Å². The quantitative estimate of drug-likeness (QED) is 0.0188. The predicted molar refractivity (Wildman–Crippen MR) is 300 cm³/mol. The Bertz CT molecular complexity index is 2170. The number of terminal acetylenes is 1. The molecule has 1 aromatic rings. The second kappa shape index (κ2) is 36.1. The normalized spacial score (nSPS) is 20.6. The molecule has 25 nitrogen and oxygen atoms in total. The summed E-state index contributed by atoms with van der Waals surface area (Å²) in [6.45, 7) is 8.59. The molecule has 2 saturated heterocycles. The third-order valence-corrected chi connectivity index (χ3v) is 14.8. The molecule has 17 N–H and O–H groups in total. The molecule has 25 heteroatoms. The van der Waals surface area contributed by atoms with Crippen molar-refractivity contribution >= 4 is 41.4 Å². The van der Waals surface area contributed by atoms with Gasteiger partial charge in [-0.2, -0.15) is 0 Å². The van der Waals surface area contributed by atoms with Gasteiger partial charge in [0.05, 0.1) is 30.5 Å². The fourth-order valence-electron chi connectivity index (χ4n) is 10.1. The number of amides is 7. The minimum absolute atomic E-state index is 0.0144. The molecule has 0 radical (unpaired) electrons. The molecular weight excluding hydrogens is 1050 g/mol. The average molecular weight is 1150 g/mol. The van der Waals surface area contributed by atoms with Gasteiger partial charge in [-0.3, -0.25) is 38.9 Å². The van der Waals surface area contributed by atoms with Crippen LogP contribution in [-0.2, 0) is 33.6 Å². The molecule has 2 aliphatic heterocycles. The second-order valence-corrected chi connectivity index (χ2v) is 21.8. The van der Waals surface area contributed by atoms with E-state index in [9.17, 15) is 69.3 Å². The highest BCUT2D eigenvalue weighted by molar-refractivity contribution is 5.97. The Hall–Kier alpha value is -5.53. The van der Waals surface area contributed by atoms with Crippen LogP contribution in [0.3, 0.4) is 0 Å². The highest BCUT2D eigenvalue weighted by Crippen LogP contribution is 2.26. The number of carbonyl (C=O) groups excluding carboxylic acids is 7. The zero-order chi connectivity index (χ0) is 60.3. The number of benzene rings is 1. The monoisotopic (exact) mass is 1150 g/mol. The van der Waals surface area contributed by atoms with E-state index in [1.54, 1.807) is 0 Å². The van der Waals surface area contributed by atoms with Gasteiger partial charge in [-0.25, -0.2) is 0 Å². The molecular formula is C56H94N10O15. The maximum atomic E-state index is 14.6. The number of nitrogens with one attached hydrogen (secondary N) is 6. The predicted octanol–water partition coefficient (Wildman–Crippen LogP) is -2.37. The van der Waals surface area contributed by atoms with Gasteiger partial charge >= 0.3 is 0 Å². The molecule has 2 heterocycles. The highest BCUT2D eigenvalue weighted by Gasteiger charge is 2.46. The van der Waals surface area contributed by atoms with Crippen molar-refractivity contribution in [3.05, 3.63) is 29.8 Å². The van der Waals surface area contributed by atoms with E-state index in [0.29, 0.717) is 24.0 Å². The molecule has 7 amide bonds. The molecule has 2 aliphatic rings. The zero-order valence-electron chi connectivity index (χ0n) is 47.8. The lowest BCUT2D eigenvalue weighted by Gasteiger charge is -2.34. The number of rotatable bonds is 37. The SMILES string of the molecule is C#CCOc1ccc([C@H](O)[C@@H](O)[C@H](NC(=O)[C@@H]2C[C@@H](O)CN2C(=O)[C@@H](NC(=O)[C@H](C[C@@H](O)[C@@H](NCCN)NC(C)=O)NC(=O)CCCCCCCC[C@@H](C)C[C@@H](C)CC)[C@@H](C)O)C(=O)N[C@H](C(=O)N2CC[C@H](O)C2)[C@H](O)CCN)cc1. The summed E-state index contributed by atoms with van der Waals surface area (Å²) in [4.78, 5) is 99.2. The van der Waals surface area contributed by atoms with Crippen molar-refractivity contribution < 1.29 is 74.0 Å². The Morgan fingerprint density at radius 3 is 1.99 bits per heavy atom. The molecule has 81 heavy (non-hydrogen) atoms. The van der Waals surface area contributed by atoms with E-state index in [1.165, 1.54) is 42.5 Å². The summed E-state index contributed by atoms with van der Waals surface area (Å²) in [6.07, 6.45) is 0.773. The van der Waals surface area contributed by atoms with E-state index >= 15 is 0 Å². The summed E-state index contributed by atoms with van der Waals surface area (Å²) in [6, 6.07) is -3.46. The van der Waals surface area contributed by atoms with Gasteiger partial charge in [-0.05, 0) is 68.7 Å². The van der Waals surface area contributed by atoms with Crippen LogP contribution in [0, 0.1) is 24.2 Å². The van der Waals surface area contributed by atoms with Crippen LogP contribution < -0.4 is 48.1 Å². The van der Waals surface area contributed by atoms with Crippen LogP contribution >= 0.6 is 0 Å². The maximum absolute atomic E-state index is 14.6. The van der Waals surface area contributed by atoms with Crippen molar-refractivity contribution in [2.75, 3.05) is 45.9 Å². The number of carbonyl (C=O) groups is 7. The number of nitrogens with two attached hydrogens (primary N) is 2. The molecule has 0 saturated carbocycles. The van der Waals surface area contributed by atoms with E-state index < -0.39 is 140 Å².